The van der Waals surface area contributed by atoms with E-state index in [1.165, 1.54) is 12.0 Å². The van der Waals surface area contributed by atoms with E-state index in [1.807, 2.05) is 60.9 Å². The summed E-state index contributed by atoms with van der Waals surface area (Å²) in [5, 5.41) is 0. The van der Waals surface area contributed by atoms with Crippen molar-refractivity contribution in [2.45, 2.75) is 38.1 Å². The Morgan fingerprint density at radius 1 is 0.933 bits per heavy atom. The second-order valence-corrected chi connectivity index (χ2v) is 7.69. The molecule has 2 aromatic carbocycles. The number of carbonyl (C=O) groups excluding carboxylic acids is 1. The summed E-state index contributed by atoms with van der Waals surface area (Å²) in [4.78, 5) is 19.3. The molecule has 1 amide bonds. The average molecular weight is 401 g/mol. The minimum absolute atomic E-state index is 0.139. The van der Waals surface area contributed by atoms with Crippen molar-refractivity contribution >= 4 is 5.91 Å². The molecular weight excluding hydrogens is 372 g/mol. The standard InChI is InChI=1S/C26H28N2O2/c29-26(28-19-8-2-5-12-24(28)22-14-17-27-18-15-22)16-20-30-25-13-7-6-11-23(25)21-9-3-1-4-10-21/h1,3-4,6-7,9-11,13-15,17-18,24H,2,5,8,12,16,19-20H2/t24-/m1/s1. The van der Waals surface area contributed by atoms with Gasteiger partial charge in [0.15, 0.2) is 0 Å². The van der Waals surface area contributed by atoms with Gasteiger partial charge in [0.25, 0.3) is 0 Å². The second kappa shape index (κ2) is 10.1. The van der Waals surface area contributed by atoms with Gasteiger partial charge in [0.05, 0.1) is 19.1 Å². The summed E-state index contributed by atoms with van der Waals surface area (Å²) >= 11 is 0. The van der Waals surface area contributed by atoms with Gasteiger partial charge in [-0.15, -0.1) is 0 Å². The number of benzene rings is 2. The molecule has 4 rings (SSSR count). The van der Waals surface area contributed by atoms with E-state index in [1.54, 1.807) is 0 Å². The van der Waals surface area contributed by atoms with Crippen LogP contribution in [-0.2, 0) is 4.79 Å². The Labute approximate surface area is 178 Å². The van der Waals surface area contributed by atoms with Gasteiger partial charge in [0.2, 0.25) is 5.91 Å². The molecule has 2 heterocycles. The van der Waals surface area contributed by atoms with Gasteiger partial charge in [-0.2, -0.15) is 0 Å². The molecule has 30 heavy (non-hydrogen) atoms. The topological polar surface area (TPSA) is 42.4 Å². The van der Waals surface area contributed by atoms with Gasteiger partial charge >= 0.3 is 0 Å². The van der Waals surface area contributed by atoms with Crippen molar-refractivity contribution in [3.05, 3.63) is 84.7 Å². The number of aromatic nitrogens is 1. The Hall–Kier alpha value is -3.14. The van der Waals surface area contributed by atoms with Crippen LogP contribution in [0.3, 0.4) is 0 Å². The number of hydrogen-bond donors (Lipinski definition) is 0. The van der Waals surface area contributed by atoms with E-state index < -0.39 is 0 Å². The molecular formula is C26H28N2O2. The lowest BCUT2D eigenvalue weighted by atomic mass is 10.0. The fraction of sp³-hybridized carbons (Fsp3) is 0.308. The van der Waals surface area contributed by atoms with Crippen molar-refractivity contribution < 1.29 is 9.53 Å². The highest BCUT2D eigenvalue weighted by Crippen LogP contribution is 2.31. The van der Waals surface area contributed by atoms with Crippen molar-refractivity contribution in [2.75, 3.05) is 13.2 Å². The SMILES string of the molecule is O=C(CCOc1ccccc1-c1ccccc1)N1CCCCC[C@@H]1c1ccncc1. The predicted octanol–water partition coefficient (Wildman–Crippen LogP) is 5.66. The van der Waals surface area contributed by atoms with E-state index in [2.05, 4.69) is 28.1 Å². The van der Waals surface area contributed by atoms with Gasteiger partial charge in [-0.1, -0.05) is 61.4 Å². The van der Waals surface area contributed by atoms with E-state index >= 15 is 0 Å². The first kappa shape index (κ1) is 20.1. The van der Waals surface area contributed by atoms with Crippen molar-refractivity contribution in [1.29, 1.82) is 0 Å². The van der Waals surface area contributed by atoms with E-state index in [4.69, 9.17) is 4.74 Å². The third-order valence-electron chi connectivity index (χ3n) is 5.71. The zero-order valence-electron chi connectivity index (χ0n) is 17.2. The molecule has 0 radical (unpaired) electrons. The highest BCUT2D eigenvalue weighted by atomic mass is 16.5. The lowest BCUT2D eigenvalue weighted by Gasteiger charge is -2.30. The van der Waals surface area contributed by atoms with Gasteiger partial charge in [0.1, 0.15) is 5.75 Å². The Morgan fingerprint density at radius 2 is 1.70 bits per heavy atom. The van der Waals surface area contributed by atoms with Crippen LogP contribution in [0.4, 0.5) is 0 Å². The quantitative estimate of drug-likeness (QED) is 0.536. The van der Waals surface area contributed by atoms with Crippen molar-refractivity contribution in [2.24, 2.45) is 0 Å². The lowest BCUT2D eigenvalue weighted by Crippen LogP contribution is -2.35. The number of pyridine rings is 1. The van der Waals surface area contributed by atoms with E-state index in [9.17, 15) is 4.79 Å². The molecule has 0 unspecified atom stereocenters. The number of para-hydroxylation sites is 1. The van der Waals surface area contributed by atoms with Gasteiger partial charge in [0, 0.05) is 24.5 Å². The predicted molar refractivity (Wildman–Crippen MR) is 119 cm³/mol. The van der Waals surface area contributed by atoms with E-state index in [0.29, 0.717) is 13.0 Å². The normalized spacial score (nSPS) is 16.7. The molecule has 1 fully saturated rings. The number of nitrogens with zero attached hydrogens (tertiary/aromatic N) is 2. The average Bonchev–Trinajstić information content (AvgIpc) is 3.07. The Kier molecular flexibility index (Phi) is 6.75. The molecule has 1 atom stereocenters. The number of ether oxygens (including phenoxy) is 1. The lowest BCUT2D eigenvalue weighted by molar-refractivity contribution is -0.134. The molecule has 0 N–H and O–H groups in total. The largest absolute Gasteiger partial charge is 0.492 e. The van der Waals surface area contributed by atoms with Gasteiger partial charge in [-0.3, -0.25) is 9.78 Å². The maximum absolute atomic E-state index is 13.1. The van der Waals surface area contributed by atoms with Crippen molar-refractivity contribution in [3.63, 3.8) is 0 Å². The molecule has 4 heteroatoms. The molecule has 0 saturated carbocycles. The minimum atomic E-state index is 0.139. The Balaban J connectivity index is 1.42. The van der Waals surface area contributed by atoms with Crippen LogP contribution in [0.25, 0.3) is 11.1 Å². The van der Waals surface area contributed by atoms with Crippen LogP contribution in [0.5, 0.6) is 5.75 Å². The molecule has 1 saturated heterocycles. The summed E-state index contributed by atoms with van der Waals surface area (Å²) < 4.78 is 6.07. The maximum Gasteiger partial charge on any atom is 0.226 e. The molecule has 1 aliphatic rings. The molecule has 154 valence electrons. The second-order valence-electron chi connectivity index (χ2n) is 7.69. The third-order valence-corrected chi connectivity index (χ3v) is 5.71. The van der Waals surface area contributed by atoms with Crippen LogP contribution in [-0.4, -0.2) is 28.9 Å². The summed E-state index contributed by atoms with van der Waals surface area (Å²) in [6.45, 7) is 1.19. The monoisotopic (exact) mass is 400 g/mol. The van der Waals surface area contributed by atoms with Crippen molar-refractivity contribution in [3.8, 4) is 16.9 Å². The molecule has 0 aliphatic carbocycles. The highest BCUT2D eigenvalue weighted by Gasteiger charge is 2.26. The highest BCUT2D eigenvalue weighted by molar-refractivity contribution is 5.77. The van der Waals surface area contributed by atoms with Gasteiger partial charge in [-0.05, 0) is 42.2 Å². The summed E-state index contributed by atoms with van der Waals surface area (Å²) in [7, 11) is 0. The summed E-state index contributed by atoms with van der Waals surface area (Å²) in [5.74, 6) is 0.981. The first-order chi connectivity index (χ1) is 14.8. The van der Waals surface area contributed by atoms with E-state index in [-0.39, 0.29) is 11.9 Å². The van der Waals surface area contributed by atoms with Gasteiger partial charge in [-0.25, -0.2) is 0 Å². The summed E-state index contributed by atoms with van der Waals surface area (Å²) in [6, 6.07) is 22.4. The maximum atomic E-state index is 13.1. The van der Waals surface area contributed by atoms with Gasteiger partial charge < -0.3 is 9.64 Å². The van der Waals surface area contributed by atoms with Crippen LogP contribution in [0.1, 0.15) is 43.7 Å². The number of amides is 1. The fourth-order valence-electron chi connectivity index (χ4n) is 4.18. The Morgan fingerprint density at radius 3 is 2.53 bits per heavy atom. The van der Waals surface area contributed by atoms with Crippen molar-refractivity contribution in [1.82, 2.24) is 9.88 Å². The van der Waals surface area contributed by atoms with Crippen LogP contribution in [0.2, 0.25) is 0 Å². The zero-order valence-corrected chi connectivity index (χ0v) is 17.2. The van der Waals surface area contributed by atoms with Crippen LogP contribution in [0, 0.1) is 0 Å². The van der Waals surface area contributed by atoms with Crippen LogP contribution in [0.15, 0.2) is 79.1 Å². The van der Waals surface area contributed by atoms with E-state index in [0.717, 1.165) is 42.7 Å². The smallest absolute Gasteiger partial charge is 0.226 e. The van der Waals surface area contributed by atoms with Crippen LogP contribution >= 0.6 is 0 Å². The summed E-state index contributed by atoms with van der Waals surface area (Å²) in [6.07, 6.45) is 8.40. The molecule has 1 aromatic heterocycles. The molecule has 0 bridgehead atoms. The number of rotatable bonds is 6. The zero-order chi connectivity index (χ0) is 20.6. The summed E-state index contributed by atoms with van der Waals surface area (Å²) in [5.41, 5.74) is 3.34. The number of carbonyl (C=O) groups is 1. The fourth-order valence-corrected chi connectivity index (χ4v) is 4.18. The molecule has 1 aliphatic heterocycles. The molecule has 3 aromatic rings. The Bertz CT molecular complexity index is 944. The first-order valence-corrected chi connectivity index (χ1v) is 10.8. The minimum Gasteiger partial charge on any atom is -0.492 e. The number of likely N-dealkylation sites (tertiary alicyclic amines) is 1. The first-order valence-electron chi connectivity index (χ1n) is 10.8. The number of hydrogen-bond acceptors (Lipinski definition) is 3. The molecule has 4 nitrogen and oxygen atoms in total. The van der Waals surface area contributed by atoms with Crippen LogP contribution < -0.4 is 4.74 Å². The third kappa shape index (κ3) is 4.88. The molecule has 0 spiro atoms.